The number of hydrogen-bond donors (Lipinski definition) is 1. The maximum atomic E-state index is 12.2. The second-order valence-corrected chi connectivity index (χ2v) is 5.56. The van der Waals surface area contributed by atoms with Gasteiger partial charge in [-0.2, -0.15) is 4.98 Å². The largest absolute Gasteiger partial charge is 0.497 e. The first kappa shape index (κ1) is 16.0. The van der Waals surface area contributed by atoms with E-state index in [1.165, 1.54) is 0 Å². The molecule has 0 spiro atoms. The highest BCUT2D eigenvalue weighted by Crippen LogP contribution is 2.26. The summed E-state index contributed by atoms with van der Waals surface area (Å²) in [5.74, 6) is 0.903. The van der Waals surface area contributed by atoms with Gasteiger partial charge in [-0.3, -0.25) is 9.59 Å². The predicted octanol–water partition coefficient (Wildman–Crippen LogP) is 1.06. The smallest absolute Gasteiger partial charge is 0.246 e. The quantitative estimate of drug-likeness (QED) is 0.880. The van der Waals surface area contributed by atoms with E-state index in [1.807, 2.05) is 0 Å². The minimum atomic E-state index is -0.399. The Labute approximate surface area is 138 Å². The number of ether oxygens (including phenoxy) is 1. The number of hydrogen-bond acceptors (Lipinski definition) is 6. The summed E-state index contributed by atoms with van der Waals surface area (Å²) in [7, 11) is 1.58. The lowest BCUT2D eigenvalue weighted by Gasteiger charge is -2.17. The van der Waals surface area contributed by atoms with Gasteiger partial charge in [-0.15, -0.1) is 0 Å². The molecule has 8 nitrogen and oxygen atoms in total. The summed E-state index contributed by atoms with van der Waals surface area (Å²) < 4.78 is 10.1. The van der Waals surface area contributed by atoms with E-state index in [4.69, 9.17) is 9.26 Å². The van der Waals surface area contributed by atoms with Crippen molar-refractivity contribution >= 4 is 17.5 Å². The number of anilines is 1. The van der Waals surface area contributed by atoms with Crippen molar-refractivity contribution in [2.75, 3.05) is 18.6 Å². The maximum absolute atomic E-state index is 12.2. The zero-order valence-corrected chi connectivity index (χ0v) is 13.5. The molecule has 1 aliphatic rings. The van der Waals surface area contributed by atoms with Gasteiger partial charge in [0.1, 0.15) is 5.75 Å². The first-order chi connectivity index (χ1) is 11.6. The normalized spacial score (nSPS) is 17.2. The molecular weight excluding hydrogens is 312 g/mol. The fourth-order valence-electron chi connectivity index (χ4n) is 2.61. The highest BCUT2D eigenvalue weighted by atomic mass is 16.5. The molecule has 1 saturated heterocycles. The number of nitrogens with zero attached hydrogens (tertiary/aromatic N) is 3. The van der Waals surface area contributed by atoms with Gasteiger partial charge in [-0.25, -0.2) is 0 Å². The molecule has 24 heavy (non-hydrogen) atoms. The number of amides is 2. The van der Waals surface area contributed by atoms with E-state index in [9.17, 15) is 9.59 Å². The number of aryl methyl sites for hydroxylation is 1. The van der Waals surface area contributed by atoms with Crippen LogP contribution in [0.15, 0.2) is 28.8 Å². The van der Waals surface area contributed by atoms with Crippen molar-refractivity contribution in [1.82, 2.24) is 15.5 Å². The van der Waals surface area contributed by atoms with E-state index >= 15 is 0 Å². The van der Waals surface area contributed by atoms with Gasteiger partial charge >= 0.3 is 0 Å². The Morgan fingerprint density at radius 1 is 1.42 bits per heavy atom. The lowest BCUT2D eigenvalue weighted by Crippen LogP contribution is -2.32. The van der Waals surface area contributed by atoms with E-state index in [1.54, 1.807) is 43.2 Å². The fraction of sp³-hybridized carbons (Fsp3) is 0.375. The van der Waals surface area contributed by atoms with E-state index in [0.717, 1.165) is 11.4 Å². The fourth-order valence-corrected chi connectivity index (χ4v) is 2.61. The summed E-state index contributed by atoms with van der Waals surface area (Å²) in [6.07, 6.45) is 0.181. The van der Waals surface area contributed by atoms with Crippen LogP contribution < -0.4 is 15.0 Å². The number of carbonyl (C=O) groups excluding carboxylic acids is 2. The van der Waals surface area contributed by atoms with Crippen LogP contribution in [0.1, 0.15) is 18.1 Å². The lowest BCUT2D eigenvalue weighted by atomic mass is 10.1. The molecule has 2 aromatic rings. The molecule has 0 saturated carbocycles. The van der Waals surface area contributed by atoms with Crippen LogP contribution in [0.5, 0.6) is 5.75 Å². The summed E-state index contributed by atoms with van der Waals surface area (Å²) in [4.78, 5) is 30.1. The number of benzene rings is 1. The van der Waals surface area contributed by atoms with Crippen molar-refractivity contribution < 1.29 is 18.8 Å². The molecular formula is C16H18N4O4. The number of nitrogens with one attached hydrogen (secondary N) is 1. The minimum absolute atomic E-state index is 0.0750. The molecule has 1 aliphatic heterocycles. The van der Waals surface area contributed by atoms with Crippen LogP contribution in [0.25, 0.3) is 0 Å². The first-order valence-corrected chi connectivity index (χ1v) is 7.58. The van der Waals surface area contributed by atoms with Gasteiger partial charge in [0.15, 0.2) is 5.82 Å². The molecule has 1 fully saturated rings. The second-order valence-electron chi connectivity index (χ2n) is 5.56. The van der Waals surface area contributed by atoms with Crippen molar-refractivity contribution in [3.8, 4) is 5.75 Å². The molecule has 126 valence electrons. The molecule has 0 bridgehead atoms. The summed E-state index contributed by atoms with van der Waals surface area (Å²) >= 11 is 0. The summed E-state index contributed by atoms with van der Waals surface area (Å²) in [5, 5.41) is 6.39. The van der Waals surface area contributed by atoms with E-state index in [0.29, 0.717) is 18.3 Å². The third-order valence-corrected chi connectivity index (χ3v) is 3.86. The highest BCUT2D eigenvalue weighted by molar-refractivity contribution is 6.00. The topological polar surface area (TPSA) is 97.6 Å². The Morgan fingerprint density at radius 3 is 2.79 bits per heavy atom. The molecule has 2 amide bonds. The summed E-state index contributed by atoms with van der Waals surface area (Å²) in [6.45, 7) is 2.21. The Kier molecular flexibility index (Phi) is 4.45. The Bertz CT molecular complexity index is 741. The van der Waals surface area contributed by atoms with Gasteiger partial charge < -0.3 is 19.5 Å². The van der Waals surface area contributed by atoms with Crippen LogP contribution in [0.2, 0.25) is 0 Å². The van der Waals surface area contributed by atoms with Crippen molar-refractivity contribution in [2.24, 2.45) is 5.92 Å². The minimum Gasteiger partial charge on any atom is -0.497 e. The molecule has 1 atom stereocenters. The van der Waals surface area contributed by atoms with Crippen molar-refractivity contribution in [3.05, 3.63) is 36.0 Å². The van der Waals surface area contributed by atoms with E-state index < -0.39 is 5.92 Å². The average Bonchev–Trinajstić information content (AvgIpc) is 3.18. The SMILES string of the molecule is COc1ccc(N2C[C@@H](C(=O)NCc3nc(C)no3)CC2=O)cc1. The third kappa shape index (κ3) is 3.37. The molecule has 1 aromatic carbocycles. The van der Waals surface area contributed by atoms with Gasteiger partial charge in [0.05, 0.1) is 19.6 Å². The number of rotatable bonds is 5. The van der Waals surface area contributed by atoms with Crippen LogP contribution in [0.4, 0.5) is 5.69 Å². The average molecular weight is 330 g/mol. The van der Waals surface area contributed by atoms with Gasteiger partial charge in [0.25, 0.3) is 0 Å². The van der Waals surface area contributed by atoms with Crippen LogP contribution in [0.3, 0.4) is 0 Å². The van der Waals surface area contributed by atoms with Crippen molar-refractivity contribution in [2.45, 2.75) is 19.9 Å². The molecule has 0 unspecified atom stereocenters. The van der Waals surface area contributed by atoms with Gasteiger partial charge in [0.2, 0.25) is 17.7 Å². The Hall–Kier alpha value is -2.90. The highest BCUT2D eigenvalue weighted by Gasteiger charge is 2.35. The Balaban J connectivity index is 1.59. The summed E-state index contributed by atoms with van der Waals surface area (Å²) in [6, 6.07) is 7.18. The van der Waals surface area contributed by atoms with Crippen LogP contribution in [-0.4, -0.2) is 35.6 Å². The van der Waals surface area contributed by atoms with Crippen LogP contribution in [-0.2, 0) is 16.1 Å². The Morgan fingerprint density at radius 2 is 2.17 bits per heavy atom. The zero-order chi connectivity index (χ0) is 17.1. The maximum Gasteiger partial charge on any atom is 0.246 e. The van der Waals surface area contributed by atoms with E-state index in [-0.39, 0.29) is 24.8 Å². The van der Waals surface area contributed by atoms with Crippen LogP contribution in [0, 0.1) is 12.8 Å². The predicted molar refractivity (Wildman–Crippen MR) is 84.3 cm³/mol. The van der Waals surface area contributed by atoms with Gasteiger partial charge in [-0.1, -0.05) is 5.16 Å². The van der Waals surface area contributed by atoms with E-state index in [2.05, 4.69) is 15.5 Å². The molecule has 8 heteroatoms. The second kappa shape index (κ2) is 6.69. The molecule has 1 aromatic heterocycles. The molecule has 0 radical (unpaired) electrons. The third-order valence-electron chi connectivity index (χ3n) is 3.86. The number of aromatic nitrogens is 2. The standard InChI is InChI=1S/C16H18N4O4/c1-10-18-14(24-19-10)8-17-16(22)11-7-15(21)20(9-11)12-3-5-13(23-2)6-4-12/h3-6,11H,7-9H2,1-2H3,(H,17,22)/t11-/m0/s1. The van der Waals surface area contributed by atoms with Crippen LogP contribution >= 0.6 is 0 Å². The molecule has 3 rings (SSSR count). The number of methoxy groups -OCH3 is 1. The van der Waals surface area contributed by atoms with Crippen molar-refractivity contribution in [3.63, 3.8) is 0 Å². The molecule has 2 heterocycles. The van der Waals surface area contributed by atoms with Gasteiger partial charge in [-0.05, 0) is 31.2 Å². The lowest BCUT2D eigenvalue weighted by molar-refractivity contribution is -0.126. The first-order valence-electron chi connectivity index (χ1n) is 7.58. The molecule has 0 aliphatic carbocycles. The monoisotopic (exact) mass is 330 g/mol. The number of carbonyl (C=O) groups is 2. The zero-order valence-electron chi connectivity index (χ0n) is 13.5. The summed E-state index contributed by atoms with van der Waals surface area (Å²) in [5.41, 5.74) is 0.753. The van der Waals surface area contributed by atoms with Gasteiger partial charge in [0, 0.05) is 18.7 Å². The molecule has 1 N–H and O–H groups in total. The van der Waals surface area contributed by atoms with Crippen molar-refractivity contribution in [1.29, 1.82) is 0 Å².